The molecule has 0 aliphatic carbocycles. The second kappa shape index (κ2) is 6.22. The fourth-order valence-electron chi connectivity index (χ4n) is 2.01. The second-order valence-electron chi connectivity index (χ2n) is 4.99. The van der Waals surface area contributed by atoms with Gasteiger partial charge in [0.1, 0.15) is 5.01 Å². The number of thiazole rings is 1. The molecule has 6 heteroatoms. The summed E-state index contributed by atoms with van der Waals surface area (Å²) in [4.78, 5) is 5.61. The minimum atomic E-state index is -4.08. The van der Waals surface area contributed by atoms with Gasteiger partial charge in [-0.05, 0) is 40.2 Å². The van der Waals surface area contributed by atoms with Crippen molar-refractivity contribution >= 4 is 11.3 Å². The van der Waals surface area contributed by atoms with E-state index in [0.717, 1.165) is 15.6 Å². The first kappa shape index (κ1) is 16.4. The van der Waals surface area contributed by atoms with Crippen molar-refractivity contribution in [2.75, 3.05) is 6.54 Å². The first-order chi connectivity index (χ1) is 8.68. The lowest BCUT2D eigenvalue weighted by atomic mass is 9.95. The van der Waals surface area contributed by atoms with E-state index in [9.17, 15) is 13.2 Å². The van der Waals surface area contributed by atoms with Crippen molar-refractivity contribution in [3.05, 3.63) is 15.6 Å². The summed E-state index contributed by atoms with van der Waals surface area (Å²) in [6, 6.07) is 0. The van der Waals surface area contributed by atoms with Crippen LogP contribution in [0.5, 0.6) is 0 Å². The smallest absolute Gasteiger partial charge is 0.306 e. The van der Waals surface area contributed by atoms with Gasteiger partial charge in [0, 0.05) is 11.3 Å². The number of aromatic nitrogens is 1. The van der Waals surface area contributed by atoms with Gasteiger partial charge < -0.3 is 5.32 Å². The normalized spacial score (nSPS) is 15.5. The van der Waals surface area contributed by atoms with Crippen LogP contribution in [-0.4, -0.2) is 17.7 Å². The zero-order valence-corrected chi connectivity index (χ0v) is 12.6. The van der Waals surface area contributed by atoms with Gasteiger partial charge in [0.2, 0.25) is 0 Å². The Morgan fingerprint density at radius 1 is 1.21 bits per heavy atom. The molecule has 0 spiro atoms. The van der Waals surface area contributed by atoms with Crippen LogP contribution in [0.1, 0.15) is 48.7 Å². The topological polar surface area (TPSA) is 24.9 Å². The fraction of sp³-hybridized carbons (Fsp3) is 0.769. The molecule has 1 rings (SSSR count). The van der Waals surface area contributed by atoms with E-state index in [2.05, 4.69) is 10.3 Å². The third kappa shape index (κ3) is 4.76. The Bertz CT molecular complexity index is 395. The summed E-state index contributed by atoms with van der Waals surface area (Å²) >= 11 is 1.56. The Morgan fingerprint density at radius 3 is 2.26 bits per heavy atom. The molecule has 0 fully saturated rings. The van der Waals surface area contributed by atoms with Crippen LogP contribution in [0.3, 0.4) is 0 Å². The van der Waals surface area contributed by atoms with Crippen LogP contribution < -0.4 is 5.32 Å². The number of rotatable bonds is 6. The van der Waals surface area contributed by atoms with Crippen molar-refractivity contribution in [1.29, 1.82) is 0 Å². The molecule has 2 nitrogen and oxygen atoms in total. The summed E-state index contributed by atoms with van der Waals surface area (Å²) in [5.41, 5.74) is 0.490. The predicted octanol–water partition coefficient (Wildman–Crippen LogP) is 4.32. The molecule has 0 bridgehead atoms. The molecule has 1 aromatic rings. The molecule has 110 valence electrons. The van der Waals surface area contributed by atoms with Crippen molar-refractivity contribution in [2.45, 2.75) is 58.7 Å². The van der Waals surface area contributed by atoms with Crippen molar-refractivity contribution in [3.8, 4) is 0 Å². The monoisotopic (exact) mass is 294 g/mol. The maximum absolute atomic E-state index is 12.3. The second-order valence-corrected chi connectivity index (χ2v) is 6.19. The van der Waals surface area contributed by atoms with Gasteiger partial charge in [-0.15, -0.1) is 11.3 Å². The van der Waals surface area contributed by atoms with E-state index >= 15 is 0 Å². The molecule has 0 amide bonds. The molecule has 1 N–H and O–H groups in total. The number of aryl methyl sites for hydroxylation is 2. The van der Waals surface area contributed by atoms with Crippen LogP contribution >= 0.6 is 11.3 Å². The maximum Gasteiger partial charge on any atom is 0.389 e. The number of halogens is 3. The van der Waals surface area contributed by atoms with E-state index in [1.165, 1.54) is 0 Å². The fourth-order valence-corrected chi connectivity index (χ4v) is 3.08. The largest absolute Gasteiger partial charge is 0.389 e. The SMILES string of the molecule is CCNC(C)(CCCC(F)(F)F)c1nc(C)c(C)s1. The van der Waals surface area contributed by atoms with Crippen LogP contribution in [0.25, 0.3) is 0 Å². The molecule has 0 saturated carbocycles. The minimum Gasteiger partial charge on any atom is -0.306 e. The highest BCUT2D eigenvalue weighted by molar-refractivity contribution is 7.11. The Kier molecular flexibility index (Phi) is 5.38. The van der Waals surface area contributed by atoms with Crippen LogP contribution in [0, 0.1) is 13.8 Å². The van der Waals surface area contributed by atoms with Crippen molar-refractivity contribution in [1.82, 2.24) is 10.3 Å². The van der Waals surface area contributed by atoms with Crippen LogP contribution in [-0.2, 0) is 5.54 Å². The van der Waals surface area contributed by atoms with E-state index in [0.29, 0.717) is 13.0 Å². The van der Waals surface area contributed by atoms with E-state index in [4.69, 9.17) is 0 Å². The zero-order chi connectivity index (χ0) is 14.7. The third-order valence-corrected chi connectivity index (χ3v) is 4.54. The molecular weight excluding hydrogens is 273 g/mol. The van der Waals surface area contributed by atoms with E-state index in [1.54, 1.807) is 11.3 Å². The summed E-state index contributed by atoms with van der Waals surface area (Å²) in [6.45, 7) is 8.51. The summed E-state index contributed by atoms with van der Waals surface area (Å²) in [5, 5.41) is 4.16. The third-order valence-electron chi connectivity index (χ3n) is 3.20. The first-order valence-electron chi connectivity index (χ1n) is 6.44. The lowest BCUT2D eigenvalue weighted by Gasteiger charge is -2.28. The quantitative estimate of drug-likeness (QED) is 0.845. The first-order valence-corrected chi connectivity index (χ1v) is 7.26. The van der Waals surface area contributed by atoms with Gasteiger partial charge in [-0.25, -0.2) is 4.98 Å². The number of hydrogen-bond acceptors (Lipinski definition) is 3. The molecule has 1 atom stereocenters. The number of hydrogen-bond donors (Lipinski definition) is 1. The summed E-state index contributed by atoms with van der Waals surface area (Å²) in [5.74, 6) is 0. The van der Waals surface area contributed by atoms with Gasteiger partial charge in [0.15, 0.2) is 0 Å². The molecule has 1 unspecified atom stereocenters. The minimum absolute atomic E-state index is 0.116. The molecule has 0 radical (unpaired) electrons. The Labute approximate surface area is 116 Å². The highest BCUT2D eigenvalue weighted by Crippen LogP contribution is 2.33. The highest BCUT2D eigenvalue weighted by atomic mass is 32.1. The summed E-state index contributed by atoms with van der Waals surface area (Å²) in [7, 11) is 0. The lowest BCUT2D eigenvalue weighted by Crippen LogP contribution is -2.39. The number of nitrogens with zero attached hydrogens (tertiary/aromatic N) is 1. The Hall–Kier alpha value is -0.620. The maximum atomic E-state index is 12.3. The van der Waals surface area contributed by atoms with Crippen LogP contribution in [0.4, 0.5) is 13.2 Å². The average molecular weight is 294 g/mol. The number of alkyl halides is 3. The van der Waals surface area contributed by atoms with Crippen LogP contribution in [0.15, 0.2) is 0 Å². The molecule has 0 saturated heterocycles. The van der Waals surface area contributed by atoms with E-state index in [1.807, 2.05) is 27.7 Å². The molecule has 0 aliphatic heterocycles. The van der Waals surface area contributed by atoms with Gasteiger partial charge in [-0.2, -0.15) is 13.2 Å². The Morgan fingerprint density at radius 2 is 1.84 bits per heavy atom. The van der Waals surface area contributed by atoms with Crippen molar-refractivity contribution in [2.24, 2.45) is 0 Å². The van der Waals surface area contributed by atoms with E-state index < -0.39 is 18.1 Å². The predicted molar refractivity (Wildman–Crippen MR) is 72.5 cm³/mol. The average Bonchev–Trinajstić information content (AvgIpc) is 2.58. The van der Waals surface area contributed by atoms with Gasteiger partial charge in [0.25, 0.3) is 0 Å². The lowest BCUT2D eigenvalue weighted by molar-refractivity contribution is -0.136. The van der Waals surface area contributed by atoms with Crippen LogP contribution in [0.2, 0.25) is 0 Å². The van der Waals surface area contributed by atoms with Gasteiger partial charge in [-0.3, -0.25) is 0 Å². The standard InChI is InChI=1S/C13H21F3N2S/c1-5-17-12(4,7-6-8-13(14,15)16)11-18-9(2)10(3)19-11/h17H,5-8H2,1-4H3. The highest BCUT2D eigenvalue weighted by Gasteiger charge is 2.32. The molecule has 0 aromatic carbocycles. The molecular formula is C13H21F3N2S. The van der Waals surface area contributed by atoms with Gasteiger partial charge >= 0.3 is 6.18 Å². The van der Waals surface area contributed by atoms with Crippen molar-refractivity contribution < 1.29 is 13.2 Å². The molecule has 1 heterocycles. The van der Waals surface area contributed by atoms with Gasteiger partial charge in [0.05, 0.1) is 11.2 Å². The van der Waals surface area contributed by atoms with Gasteiger partial charge in [-0.1, -0.05) is 6.92 Å². The number of nitrogens with one attached hydrogen (secondary N) is 1. The summed E-state index contributed by atoms with van der Waals surface area (Å²) in [6.07, 6.45) is -4.27. The Balaban J connectivity index is 2.79. The van der Waals surface area contributed by atoms with Crippen molar-refractivity contribution in [3.63, 3.8) is 0 Å². The van der Waals surface area contributed by atoms with E-state index in [-0.39, 0.29) is 6.42 Å². The summed E-state index contributed by atoms with van der Waals surface area (Å²) < 4.78 is 36.8. The molecule has 1 aromatic heterocycles. The molecule has 19 heavy (non-hydrogen) atoms. The molecule has 0 aliphatic rings. The zero-order valence-electron chi connectivity index (χ0n) is 11.8.